The van der Waals surface area contributed by atoms with Crippen LogP contribution in [0.5, 0.6) is 0 Å². The van der Waals surface area contributed by atoms with Gasteiger partial charge in [-0.1, -0.05) is 31.8 Å². The number of aliphatic hydroxyl groups is 1. The largest absolute Gasteiger partial charge is 0.384 e. The summed E-state index contributed by atoms with van der Waals surface area (Å²) in [5.74, 6) is 6.69. The number of carbonyl (C=O) groups is 1. The van der Waals surface area contributed by atoms with Crippen molar-refractivity contribution in [2.45, 2.75) is 27.2 Å². The normalized spacial score (nSPS) is 21.6. The fourth-order valence-corrected chi connectivity index (χ4v) is 3.07. The molecule has 0 saturated carbocycles. The highest BCUT2D eigenvalue weighted by Crippen LogP contribution is 2.23. The van der Waals surface area contributed by atoms with E-state index in [4.69, 9.17) is 5.11 Å². The van der Waals surface area contributed by atoms with Crippen molar-refractivity contribution in [3.05, 3.63) is 34.9 Å². The average Bonchev–Trinajstić information content (AvgIpc) is 2.44. The van der Waals surface area contributed by atoms with Gasteiger partial charge < -0.3 is 10.0 Å². The highest BCUT2D eigenvalue weighted by molar-refractivity contribution is 5.96. The van der Waals surface area contributed by atoms with Gasteiger partial charge in [0.25, 0.3) is 5.91 Å². The van der Waals surface area contributed by atoms with Gasteiger partial charge in [0.2, 0.25) is 0 Å². The molecule has 1 aliphatic rings. The third kappa shape index (κ3) is 3.86. The van der Waals surface area contributed by atoms with Crippen LogP contribution < -0.4 is 0 Å². The monoisotopic (exact) mass is 285 g/mol. The molecular formula is C18H23NO2. The van der Waals surface area contributed by atoms with E-state index in [1.165, 1.54) is 6.42 Å². The fourth-order valence-electron chi connectivity index (χ4n) is 3.07. The zero-order valence-electron chi connectivity index (χ0n) is 13.0. The predicted molar refractivity (Wildman–Crippen MR) is 84.0 cm³/mol. The Hall–Kier alpha value is -1.79. The number of rotatable bonds is 1. The topological polar surface area (TPSA) is 40.5 Å². The number of hydrogen-bond donors (Lipinski definition) is 1. The number of nitrogens with zero attached hydrogens (tertiary/aromatic N) is 1. The van der Waals surface area contributed by atoms with Crippen LogP contribution in [0.25, 0.3) is 0 Å². The molecule has 1 saturated heterocycles. The van der Waals surface area contributed by atoms with Crippen LogP contribution in [0.4, 0.5) is 0 Å². The zero-order chi connectivity index (χ0) is 15.4. The number of likely N-dealkylation sites (tertiary alicyclic amines) is 1. The van der Waals surface area contributed by atoms with Gasteiger partial charge in [0.15, 0.2) is 0 Å². The average molecular weight is 285 g/mol. The summed E-state index contributed by atoms with van der Waals surface area (Å²) < 4.78 is 0. The maximum absolute atomic E-state index is 12.8. The van der Waals surface area contributed by atoms with E-state index in [9.17, 15) is 4.79 Å². The number of aryl methyl sites for hydroxylation is 1. The predicted octanol–water partition coefficient (Wildman–Crippen LogP) is 2.46. The molecule has 1 fully saturated rings. The van der Waals surface area contributed by atoms with Gasteiger partial charge in [-0.15, -0.1) is 0 Å². The number of piperidine rings is 1. The third-order valence-electron chi connectivity index (χ3n) is 3.94. The first-order chi connectivity index (χ1) is 10.0. The van der Waals surface area contributed by atoms with Crippen LogP contribution in [0.3, 0.4) is 0 Å². The number of carbonyl (C=O) groups excluding carboxylic acids is 1. The second-order valence-electron chi connectivity index (χ2n) is 6.15. The molecule has 0 aromatic heterocycles. The molecule has 1 amide bonds. The summed E-state index contributed by atoms with van der Waals surface area (Å²) in [6, 6.07) is 5.64. The van der Waals surface area contributed by atoms with Gasteiger partial charge in [0.05, 0.1) is 0 Å². The fraction of sp³-hybridized carbons (Fsp3) is 0.500. The number of amides is 1. The van der Waals surface area contributed by atoms with Crippen LogP contribution in [0.1, 0.15) is 41.8 Å². The summed E-state index contributed by atoms with van der Waals surface area (Å²) in [6.45, 7) is 7.84. The molecule has 21 heavy (non-hydrogen) atoms. The van der Waals surface area contributed by atoms with Crippen molar-refractivity contribution < 1.29 is 9.90 Å². The minimum Gasteiger partial charge on any atom is -0.384 e. The summed E-state index contributed by atoms with van der Waals surface area (Å²) in [7, 11) is 0. The molecule has 1 aromatic rings. The minimum absolute atomic E-state index is 0.0959. The second-order valence-corrected chi connectivity index (χ2v) is 6.15. The van der Waals surface area contributed by atoms with Crippen LogP contribution in [-0.4, -0.2) is 35.6 Å². The molecule has 112 valence electrons. The number of hydrogen-bond acceptors (Lipinski definition) is 2. The van der Waals surface area contributed by atoms with E-state index >= 15 is 0 Å². The molecule has 1 aromatic carbocycles. The zero-order valence-corrected chi connectivity index (χ0v) is 13.0. The van der Waals surface area contributed by atoms with E-state index in [2.05, 4.69) is 25.7 Å². The molecular weight excluding hydrogens is 262 g/mol. The second kappa shape index (κ2) is 6.78. The van der Waals surface area contributed by atoms with E-state index in [-0.39, 0.29) is 12.5 Å². The van der Waals surface area contributed by atoms with E-state index < -0.39 is 0 Å². The SMILES string of the molecule is Cc1ccc(C#CCO)cc1C(=O)N1CC(C)CC(C)C1. The summed E-state index contributed by atoms with van der Waals surface area (Å²) >= 11 is 0. The molecule has 0 spiro atoms. The highest BCUT2D eigenvalue weighted by atomic mass is 16.2. The van der Waals surface area contributed by atoms with Crippen LogP contribution in [-0.2, 0) is 0 Å². The lowest BCUT2D eigenvalue weighted by Gasteiger charge is -2.35. The molecule has 0 aliphatic carbocycles. The first-order valence-corrected chi connectivity index (χ1v) is 7.51. The van der Waals surface area contributed by atoms with E-state index in [0.717, 1.165) is 29.8 Å². The van der Waals surface area contributed by atoms with Crippen LogP contribution in [0.2, 0.25) is 0 Å². The van der Waals surface area contributed by atoms with Crippen LogP contribution >= 0.6 is 0 Å². The first kappa shape index (κ1) is 15.6. The Bertz CT molecular complexity index is 573. The Morgan fingerprint density at radius 1 is 1.33 bits per heavy atom. The minimum atomic E-state index is -0.168. The van der Waals surface area contributed by atoms with Gasteiger partial charge in [-0.05, 0) is 42.9 Å². The van der Waals surface area contributed by atoms with Gasteiger partial charge >= 0.3 is 0 Å². The number of aliphatic hydroxyl groups excluding tert-OH is 1. The maximum Gasteiger partial charge on any atom is 0.254 e. The van der Waals surface area contributed by atoms with Crippen molar-refractivity contribution in [1.82, 2.24) is 4.90 Å². The lowest BCUT2D eigenvalue weighted by atomic mass is 9.91. The van der Waals surface area contributed by atoms with Gasteiger partial charge in [-0.25, -0.2) is 0 Å². The highest BCUT2D eigenvalue weighted by Gasteiger charge is 2.26. The van der Waals surface area contributed by atoms with Gasteiger partial charge in [0, 0.05) is 24.2 Å². The van der Waals surface area contributed by atoms with Crippen molar-refractivity contribution in [1.29, 1.82) is 0 Å². The van der Waals surface area contributed by atoms with E-state index in [0.29, 0.717) is 11.8 Å². The van der Waals surface area contributed by atoms with E-state index in [1.807, 2.05) is 30.0 Å². The molecule has 1 N–H and O–H groups in total. The van der Waals surface area contributed by atoms with Crippen molar-refractivity contribution in [2.24, 2.45) is 11.8 Å². The quantitative estimate of drug-likeness (QED) is 0.805. The molecule has 2 unspecified atom stereocenters. The Morgan fingerprint density at radius 3 is 2.62 bits per heavy atom. The maximum atomic E-state index is 12.8. The molecule has 1 aliphatic heterocycles. The lowest BCUT2D eigenvalue weighted by molar-refractivity contribution is 0.0622. The first-order valence-electron chi connectivity index (χ1n) is 7.51. The smallest absolute Gasteiger partial charge is 0.254 e. The Morgan fingerprint density at radius 2 is 2.00 bits per heavy atom. The summed E-state index contributed by atoms with van der Waals surface area (Å²) in [6.07, 6.45) is 1.19. The van der Waals surface area contributed by atoms with Crippen molar-refractivity contribution in [3.8, 4) is 11.8 Å². The standard InChI is InChI=1S/C18H23NO2/c1-13-9-14(2)12-19(11-13)18(21)17-10-16(5-4-8-20)7-6-15(17)3/h6-7,10,13-14,20H,8-9,11-12H2,1-3H3. The van der Waals surface area contributed by atoms with E-state index in [1.54, 1.807) is 0 Å². The number of benzene rings is 1. The molecule has 2 rings (SSSR count). The van der Waals surface area contributed by atoms with Crippen molar-refractivity contribution in [2.75, 3.05) is 19.7 Å². The van der Waals surface area contributed by atoms with Crippen molar-refractivity contribution in [3.63, 3.8) is 0 Å². The van der Waals surface area contributed by atoms with Gasteiger partial charge in [0.1, 0.15) is 6.61 Å². The van der Waals surface area contributed by atoms with Gasteiger partial charge in [-0.2, -0.15) is 0 Å². The van der Waals surface area contributed by atoms with Crippen LogP contribution in [0.15, 0.2) is 18.2 Å². The van der Waals surface area contributed by atoms with Crippen molar-refractivity contribution >= 4 is 5.91 Å². The third-order valence-corrected chi connectivity index (χ3v) is 3.94. The molecule has 1 heterocycles. The summed E-state index contributed by atoms with van der Waals surface area (Å²) in [4.78, 5) is 14.7. The van der Waals surface area contributed by atoms with Gasteiger partial charge in [-0.3, -0.25) is 4.79 Å². The summed E-state index contributed by atoms with van der Waals surface area (Å²) in [5, 5.41) is 8.77. The Labute approximate surface area is 127 Å². The molecule has 0 radical (unpaired) electrons. The molecule has 3 nitrogen and oxygen atoms in total. The molecule has 2 atom stereocenters. The lowest BCUT2D eigenvalue weighted by Crippen LogP contribution is -2.42. The van der Waals surface area contributed by atoms with Crippen LogP contribution in [0, 0.1) is 30.6 Å². The Balaban J connectivity index is 2.25. The molecule has 0 bridgehead atoms. The molecule has 3 heteroatoms. The summed E-state index contributed by atoms with van der Waals surface area (Å²) in [5.41, 5.74) is 2.47. The Kier molecular flexibility index (Phi) is 5.03.